The van der Waals surface area contributed by atoms with E-state index < -0.39 is 0 Å². The lowest BCUT2D eigenvalue weighted by molar-refractivity contribution is -0.128. The molecule has 1 atom stereocenters. The maximum Gasteiger partial charge on any atom is 0.223 e. The predicted molar refractivity (Wildman–Crippen MR) is 72.9 cm³/mol. The van der Waals surface area contributed by atoms with E-state index in [1.165, 1.54) is 9.13 Å². The number of halogens is 1. The van der Waals surface area contributed by atoms with Crippen molar-refractivity contribution in [3.8, 4) is 0 Å². The molecule has 1 aromatic rings. The number of nitrogens with zero attached hydrogens (tertiary/aromatic N) is 1. The highest BCUT2D eigenvalue weighted by Crippen LogP contribution is 2.20. The third kappa shape index (κ3) is 2.64. The average molecular weight is 327 g/mol. The maximum atomic E-state index is 11.7. The standard InChI is InChI=1S/C13H14INO/c1-2-10-7-13(16)15(8-10)9-11-3-5-12(14)6-4-11/h2-6,10H,1,7-9H2. The van der Waals surface area contributed by atoms with E-state index in [-0.39, 0.29) is 5.91 Å². The van der Waals surface area contributed by atoms with Gasteiger partial charge in [-0.25, -0.2) is 0 Å². The molecule has 1 heterocycles. The zero-order valence-corrected chi connectivity index (χ0v) is 11.2. The molecule has 16 heavy (non-hydrogen) atoms. The maximum absolute atomic E-state index is 11.7. The molecule has 0 radical (unpaired) electrons. The van der Waals surface area contributed by atoms with E-state index in [1.807, 2.05) is 11.0 Å². The predicted octanol–water partition coefficient (Wildman–Crippen LogP) is 2.83. The SMILES string of the molecule is C=CC1CC(=O)N(Cc2ccc(I)cc2)C1. The van der Waals surface area contributed by atoms with E-state index >= 15 is 0 Å². The van der Waals surface area contributed by atoms with Crippen LogP contribution in [0.1, 0.15) is 12.0 Å². The van der Waals surface area contributed by atoms with E-state index in [0.717, 1.165) is 13.1 Å². The molecule has 1 aliphatic rings. The third-order valence-electron chi connectivity index (χ3n) is 2.86. The van der Waals surface area contributed by atoms with Crippen LogP contribution >= 0.6 is 22.6 Å². The molecule has 0 spiro atoms. The summed E-state index contributed by atoms with van der Waals surface area (Å²) in [6, 6.07) is 8.30. The molecule has 2 nitrogen and oxygen atoms in total. The Morgan fingerprint density at radius 3 is 2.69 bits per heavy atom. The normalized spacial score (nSPS) is 20.2. The van der Waals surface area contributed by atoms with Gasteiger partial charge in [-0.1, -0.05) is 18.2 Å². The van der Waals surface area contributed by atoms with Crippen molar-refractivity contribution in [2.45, 2.75) is 13.0 Å². The van der Waals surface area contributed by atoms with E-state index in [2.05, 4.69) is 53.4 Å². The van der Waals surface area contributed by atoms with Crippen molar-refractivity contribution in [3.05, 3.63) is 46.1 Å². The Kier molecular flexibility index (Phi) is 3.63. The molecule has 0 saturated carbocycles. The van der Waals surface area contributed by atoms with Crippen molar-refractivity contribution in [3.63, 3.8) is 0 Å². The van der Waals surface area contributed by atoms with Crippen molar-refractivity contribution in [1.82, 2.24) is 4.90 Å². The second kappa shape index (κ2) is 4.99. The van der Waals surface area contributed by atoms with Crippen molar-refractivity contribution in [1.29, 1.82) is 0 Å². The second-order valence-corrected chi connectivity index (χ2v) is 5.35. The molecule has 84 valence electrons. The molecule has 1 unspecified atom stereocenters. The highest BCUT2D eigenvalue weighted by atomic mass is 127. The lowest BCUT2D eigenvalue weighted by Crippen LogP contribution is -2.24. The van der Waals surface area contributed by atoms with Gasteiger partial charge >= 0.3 is 0 Å². The van der Waals surface area contributed by atoms with E-state index in [9.17, 15) is 4.79 Å². The van der Waals surface area contributed by atoms with Crippen LogP contribution in [0.25, 0.3) is 0 Å². The fraction of sp³-hybridized carbons (Fsp3) is 0.308. The second-order valence-electron chi connectivity index (χ2n) is 4.10. The van der Waals surface area contributed by atoms with Gasteiger partial charge in [-0.3, -0.25) is 4.79 Å². The Labute approximate surface area is 109 Å². The van der Waals surface area contributed by atoms with Gasteiger partial charge in [-0.05, 0) is 40.3 Å². The topological polar surface area (TPSA) is 20.3 Å². The molecular weight excluding hydrogens is 313 g/mol. The van der Waals surface area contributed by atoms with Gasteiger partial charge in [0, 0.05) is 29.0 Å². The summed E-state index contributed by atoms with van der Waals surface area (Å²) >= 11 is 2.28. The van der Waals surface area contributed by atoms with Crippen LogP contribution in [0.4, 0.5) is 0 Å². The number of carbonyl (C=O) groups is 1. The Morgan fingerprint density at radius 2 is 2.12 bits per heavy atom. The van der Waals surface area contributed by atoms with Gasteiger partial charge in [-0.2, -0.15) is 0 Å². The molecule has 2 rings (SSSR count). The van der Waals surface area contributed by atoms with Gasteiger partial charge in [0.05, 0.1) is 0 Å². The summed E-state index contributed by atoms with van der Waals surface area (Å²) in [5.41, 5.74) is 1.19. The van der Waals surface area contributed by atoms with Crippen LogP contribution in [0.15, 0.2) is 36.9 Å². The number of carbonyl (C=O) groups excluding carboxylic acids is 1. The molecular formula is C13H14INO. The summed E-state index contributed by atoms with van der Waals surface area (Å²) in [7, 11) is 0. The lowest BCUT2D eigenvalue weighted by atomic mass is 10.1. The minimum Gasteiger partial charge on any atom is -0.338 e. The highest BCUT2D eigenvalue weighted by Gasteiger charge is 2.27. The van der Waals surface area contributed by atoms with E-state index in [1.54, 1.807) is 0 Å². The van der Waals surface area contributed by atoms with Crippen LogP contribution in [0.3, 0.4) is 0 Å². The van der Waals surface area contributed by atoms with Crippen molar-refractivity contribution in [2.75, 3.05) is 6.54 Å². The smallest absolute Gasteiger partial charge is 0.223 e. The number of amides is 1. The molecule has 1 aliphatic heterocycles. The zero-order valence-electron chi connectivity index (χ0n) is 9.03. The van der Waals surface area contributed by atoms with Gasteiger partial charge < -0.3 is 4.90 Å². The lowest BCUT2D eigenvalue weighted by Gasteiger charge is -2.16. The van der Waals surface area contributed by atoms with Gasteiger partial charge in [0.15, 0.2) is 0 Å². The Bertz CT molecular complexity index is 399. The first-order valence-electron chi connectivity index (χ1n) is 5.34. The highest BCUT2D eigenvalue weighted by molar-refractivity contribution is 14.1. The summed E-state index contributed by atoms with van der Waals surface area (Å²) in [5.74, 6) is 0.569. The van der Waals surface area contributed by atoms with Crippen LogP contribution in [0.2, 0.25) is 0 Å². The van der Waals surface area contributed by atoms with Crippen molar-refractivity contribution < 1.29 is 4.79 Å². The van der Waals surface area contributed by atoms with Crippen LogP contribution in [0, 0.1) is 9.49 Å². The van der Waals surface area contributed by atoms with Gasteiger partial charge in [0.2, 0.25) is 5.91 Å². The number of hydrogen-bond donors (Lipinski definition) is 0. The van der Waals surface area contributed by atoms with E-state index in [0.29, 0.717) is 12.3 Å². The Morgan fingerprint density at radius 1 is 1.44 bits per heavy atom. The monoisotopic (exact) mass is 327 g/mol. The molecule has 3 heteroatoms. The minimum atomic E-state index is 0.239. The van der Waals surface area contributed by atoms with Crippen LogP contribution < -0.4 is 0 Å². The Hall–Kier alpha value is -0.840. The molecule has 0 aromatic heterocycles. The minimum absolute atomic E-state index is 0.239. The zero-order chi connectivity index (χ0) is 11.5. The quantitative estimate of drug-likeness (QED) is 0.618. The average Bonchev–Trinajstić information content (AvgIpc) is 2.63. The first-order valence-corrected chi connectivity index (χ1v) is 6.41. The molecule has 0 N–H and O–H groups in total. The van der Waals surface area contributed by atoms with E-state index in [4.69, 9.17) is 0 Å². The first-order chi connectivity index (χ1) is 7.69. The first kappa shape index (κ1) is 11.6. The Balaban J connectivity index is 2.02. The van der Waals surface area contributed by atoms with Crippen molar-refractivity contribution in [2.24, 2.45) is 5.92 Å². The summed E-state index contributed by atoms with van der Waals surface area (Å²) < 4.78 is 1.22. The number of likely N-dealkylation sites (tertiary alicyclic amines) is 1. The van der Waals surface area contributed by atoms with Crippen molar-refractivity contribution >= 4 is 28.5 Å². The summed E-state index contributed by atoms with van der Waals surface area (Å²) in [6.45, 7) is 5.29. The molecule has 0 aliphatic carbocycles. The number of rotatable bonds is 3. The molecule has 1 aromatic carbocycles. The fourth-order valence-electron chi connectivity index (χ4n) is 1.92. The molecule has 0 bridgehead atoms. The molecule has 1 fully saturated rings. The summed E-state index contributed by atoms with van der Waals surface area (Å²) in [5, 5.41) is 0. The van der Waals surface area contributed by atoms with Crippen LogP contribution in [-0.4, -0.2) is 17.4 Å². The van der Waals surface area contributed by atoms with Crippen LogP contribution in [-0.2, 0) is 11.3 Å². The summed E-state index contributed by atoms with van der Waals surface area (Å²) in [6.07, 6.45) is 2.50. The van der Waals surface area contributed by atoms with Gasteiger partial charge in [-0.15, -0.1) is 6.58 Å². The largest absolute Gasteiger partial charge is 0.338 e. The fourth-order valence-corrected chi connectivity index (χ4v) is 2.28. The number of hydrogen-bond acceptors (Lipinski definition) is 1. The molecule has 1 saturated heterocycles. The van der Waals surface area contributed by atoms with Gasteiger partial charge in [0.25, 0.3) is 0 Å². The summed E-state index contributed by atoms with van der Waals surface area (Å²) in [4.78, 5) is 13.6. The van der Waals surface area contributed by atoms with Gasteiger partial charge in [0.1, 0.15) is 0 Å². The third-order valence-corrected chi connectivity index (χ3v) is 3.58. The molecule has 1 amide bonds. The number of benzene rings is 1. The van der Waals surface area contributed by atoms with Crippen LogP contribution in [0.5, 0.6) is 0 Å².